The average Bonchev–Trinajstić information content (AvgIpc) is 2.40. The molecule has 0 bridgehead atoms. The van der Waals surface area contributed by atoms with Gasteiger partial charge in [0, 0.05) is 10.6 Å². The number of rotatable bonds is 4. The molecule has 0 fully saturated rings. The normalized spacial score (nSPS) is 10.1. The maximum atomic E-state index is 11.9. The first kappa shape index (κ1) is 12.9. The predicted octanol–water partition coefficient (Wildman–Crippen LogP) is 4.26. The number of ether oxygens (including phenoxy) is 1. The number of benzene rings is 2. The van der Waals surface area contributed by atoms with Crippen LogP contribution in [-0.2, 0) is 0 Å². The smallest absolute Gasteiger partial charge is 0.201 e. The van der Waals surface area contributed by atoms with Gasteiger partial charge in [-0.05, 0) is 30.3 Å². The number of halogens is 2. The van der Waals surface area contributed by atoms with Crippen molar-refractivity contribution in [2.24, 2.45) is 0 Å². The lowest BCUT2D eigenvalue weighted by Crippen LogP contribution is -2.12. The zero-order chi connectivity index (χ0) is 13.0. The number of hydrogen-bond donors (Lipinski definition) is 0. The highest BCUT2D eigenvalue weighted by Crippen LogP contribution is 2.21. The minimum absolute atomic E-state index is 0.0654. The average molecular weight is 281 g/mol. The van der Waals surface area contributed by atoms with E-state index in [2.05, 4.69) is 0 Å². The van der Waals surface area contributed by atoms with Gasteiger partial charge < -0.3 is 4.74 Å². The van der Waals surface area contributed by atoms with Gasteiger partial charge in [-0.25, -0.2) is 0 Å². The molecule has 18 heavy (non-hydrogen) atoms. The van der Waals surface area contributed by atoms with E-state index in [0.29, 0.717) is 21.4 Å². The minimum Gasteiger partial charge on any atom is -0.485 e. The van der Waals surface area contributed by atoms with Gasteiger partial charge in [0.2, 0.25) is 5.78 Å². The van der Waals surface area contributed by atoms with E-state index < -0.39 is 0 Å². The van der Waals surface area contributed by atoms with Crippen molar-refractivity contribution < 1.29 is 9.53 Å². The summed E-state index contributed by atoms with van der Waals surface area (Å²) < 4.78 is 5.37. The Bertz CT molecular complexity index is 553. The number of carbonyl (C=O) groups is 1. The fraction of sp³-hybridized carbons (Fsp3) is 0.0714. The number of ketones is 1. The maximum absolute atomic E-state index is 11.9. The molecule has 0 aromatic heterocycles. The largest absolute Gasteiger partial charge is 0.485 e. The molecule has 0 aliphatic carbocycles. The molecule has 0 aliphatic heterocycles. The van der Waals surface area contributed by atoms with E-state index in [1.54, 1.807) is 30.3 Å². The van der Waals surface area contributed by atoms with Crippen LogP contribution < -0.4 is 4.74 Å². The van der Waals surface area contributed by atoms with Crippen molar-refractivity contribution in [3.63, 3.8) is 0 Å². The van der Waals surface area contributed by atoms with E-state index in [1.165, 1.54) is 0 Å². The first-order valence-electron chi connectivity index (χ1n) is 5.33. The third kappa shape index (κ3) is 3.25. The molecule has 2 aromatic carbocycles. The van der Waals surface area contributed by atoms with Crippen LogP contribution in [0.3, 0.4) is 0 Å². The highest BCUT2D eigenvalue weighted by molar-refractivity contribution is 6.35. The lowest BCUT2D eigenvalue weighted by Gasteiger charge is -2.06. The first-order chi connectivity index (χ1) is 8.66. The Morgan fingerprint density at radius 1 is 1.06 bits per heavy atom. The lowest BCUT2D eigenvalue weighted by atomic mass is 10.1. The standard InChI is InChI=1S/C14H10Cl2O2/c15-10-6-7-13(16)12(8-10)14(17)9-18-11-4-2-1-3-5-11/h1-8H,9H2. The van der Waals surface area contributed by atoms with Gasteiger partial charge in [0.05, 0.1) is 5.02 Å². The third-order valence-electron chi connectivity index (χ3n) is 2.34. The summed E-state index contributed by atoms with van der Waals surface area (Å²) in [5.41, 5.74) is 0.375. The molecule has 2 nitrogen and oxygen atoms in total. The van der Waals surface area contributed by atoms with E-state index in [9.17, 15) is 4.79 Å². The van der Waals surface area contributed by atoms with Crippen molar-refractivity contribution in [2.45, 2.75) is 0 Å². The SMILES string of the molecule is O=C(COc1ccccc1)c1cc(Cl)ccc1Cl. The Morgan fingerprint density at radius 3 is 2.50 bits per heavy atom. The molecule has 0 amide bonds. The van der Waals surface area contributed by atoms with E-state index in [0.717, 1.165) is 0 Å². The van der Waals surface area contributed by atoms with Crippen molar-refractivity contribution in [1.82, 2.24) is 0 Å². The zero-order valence-corrected chi connectivity index (χ0v) is 10.9. The molecule has 0 heterocycles. The molecular weight excluding hydrogens is 271 g/mol. The number of carbonyl (C=O) groups excluding carboxylic acids is 1. The summed E-state index contributed by atoms with van der Waals surface area (Å²) in [6.07, 6.45) is 0. The summed E-state index contributed by atoms with van der Waals surface area (Å²) >= 11 is 11.8. The molecular formula is C14H10Cl2O2. The summed E-state index contributed by atoms with van der Waals surface area (Å²) in [4.78, 5) is 11.9. The molecule has 0 saturated heterocycles. The van der Waals surface area contributed by atoms with Crippen LogP contribution >= 0.6 is 23.2 Å². The molecule has 92 valence electrons. The van der Waals surface area contributed by atoms with Crippen molar-refractivity contribution in [3.8, 4) is 5.75 Å². The van der Waals surface area contributed by atoms with Crippen LogP contribution in [-0.4, -0.2) is 12.4 Å². The second kappa shape index (κ2) is 5.89. The van der Waals surface area contributed by atoms with Crippen LogP contribution in [0.5, 0.6) is 5.75 Å². The van der Waals surface area contributed by atoms with Crippen LogP contribution in [0.1, 0.15) is 10.4 Å². The molecule has 0 unspecified atom stereocenters. The summed E-state index contributed by atoms with van der Waals surface area (Å²) in [5.74, 6) is 0.440. The summed E-state index contributed by atoms with van der Waals surface area (Å²) in [6.45, 7) is -0.0654. The minimum atomic E-state index is -0.202. The molecule has 4 heteroatoms. The quantitative estimate of drug-likeness (QED) is 0.783. The molecule has 2 rings (SSSR count). The number of Topliss-reactive ketones (excluding diaryl/α,β-unsaturated/α-hetero) is 1. The van der Waals surface area contributed by atoms with Gasteiger partial charge in [-0.2, -0.15) is 0 Å². The summed E-state index contributed by atoms with van der Waals surface area (Å²) in [5, 5.41) is 0.850. The fourth-order valence-corrected chi connectivity index (χ4v) is 1.85. The Kier molecular flexibility index (Phi) is 4.24. The monoisotopic (exact) mass is 280 g/mol. The highest BCUT2D eigenvalue weighted by atomic mass is 35.5. The highest BCUT2D eigenvalue weighted by Gasteiger charge is 2.11. The zero-order valence-electron chi connectivity index (χ0n) is 9.40. The van der Waals surface area contributed by atoms with Crippen LogP contribution in [0.25, 0.3) is 0 Å². The van der Waals surface area contributed by atoms with Gasteiger partial charge in [-0.3, -0.25) is 4.79 Å². The second-order valence-electron chi connectivity index (χ2n) is 3.65. The van der Waals surface area contributed by atoms with Gasteiger partial charge in [-0.15, -0.1) is 0 Å². The summed E-state index contributed by atoms with van der Waals surface area (Å²) in [6, 6.07) is 13.9. The van der Waals surface area contributed by atoms with Crippen molar-refractivity contribution in [2.75, 3.05) is 6.61 Å². The van der Waals surface area contributed by atoms with Crippen molar-refractivity contribution in [1.29, 1.82) is 0 Å². The fourth-order valence-electron chi connectivity index (χ4n) is 1.45. The van der Waals surface area contributed by atoms with E-state index in [4.69, 9.17) is 27.9 Å². The first-order valence-corrected chi connectivity index (χ1v) is 6.08. The van der Waals surface area contributed by atoms with E-state index in [1.807, 2.05) is 18.2 Å². The summed E-state index contributed by atoms with van der Waals surface area (Å²) in [7, 11) is 0. The Hall–Kier alpha value is -1.51. The number of para-hydroxylation sites is 1. The van der Waals surface area contributed by atoms with Gasteiger partial charge in [0.1, 0.15) is 5.75 Å². The molecule has 0 aliphatic rings. The van der Waals surface area contributed by atoms with Crippen LogP contribution in [0, 0.1) is 0 Å². The van der Waals surface area contributed by atoms with Crippen molar-refractivity contribution >= 4 is 29.0 Å². The maximum Gasteiger partial charge on any atom is 0.201 e. The topological polar surface area (TPSA) is 26.3 Å². The van der Waals surface area contributed by atoms with E-state index in [-0.39, 0.29) is 12.4 Å². The van der Waals surface area contributed by atoms with Gasteiger partial charge in [0.15, 0.2) is 6.61 Å². The molecule has 0 saturated carbocycles. The predicted molar refractivity (Wildman–Crippen MR) is 72.7 cm³/mol. The van der Waals surface area contributed by atoms with Crippen LogP contribution in [0.2, 0.25) is 10.0 Å². The van der Waals surface area contributed by atoms with Crippen LogP contribution in [0.15, 0.2) is 48.5 Å². The molecule has 0 N–H and O–H groups in total. The van der Waals surface area contributed by atoms with Gasteiger partial charge in [-0.1, -0.05) is 41.4 Å². The lowest BCUT2D eigenvalue weighted by molar-refractivity contribution is 0.0921. The molecule has 2 aromatic rings. The Morgan fingerprint density at radius 2 is 1.78 bits per heavy atom. The number of hydrogen-bond acceptors (Lipinski definition) is 2. The molecule has 0 radical (unpaired) electrons. The third-order valence-corrected chi connectivity index (χ3v) is 2.91. The second-order valence-corrected chi connectivity index (χ2v) is 4.49. The van der Waals surface area contributed by atoms with Crippen molar-refractivity contribution in [3.05, 3.63) is 64.1 Å². The van der Waals surface area contributed by atoms with E-state index >= 15 is 0 Å². The molecule has 0 atom stereocenters. The molecule has 0 spiro atoms. The Balaban J connectivity index is 2.06. The van der Waals surface area contributed by atoms with Crippen LogP contribution in [0.4, 0.5) is 0 Å². The van der Waals surface area contributed by atoms with Gasteiger partial charge >= 0.3 is 0 Å². The Labute approximate surface area is 115 Å². The van der Waals surface area contributed by atoms with Gasteiger partial charge in [0.25, 0.3) is 0 Å².